The van der Waals surface area contributed by atoms with Crippen molar-refractivity contribution in [2.24, 2.45) is 0 Å². The van der Waals surface area contributed by atoms with Crippen molar-refractivity contribution in [3.63, 3.8) is 0 Å². The molecule has 3 N–H and O–H groups in total. The number of rotatable bonds is 3. The molecule has 0 aliphatic heterocycles. The van der Waals surface area contributed by atoms with Gasteiger partial charge in [-0.15, -0.1) is 5.26 Å². The van der Waals surface area contributed by atoms with Crippen molar-refractivity contribution in [3.05, 3.63) is 67.3 Å². The topological polar surface area (TPSA) is 43.1 Å². The summed E-state index contributed by atoms with van der Waals surface area (Å²) in [6, 6.07) is 10.1. The lowest BCUT2D eigenvalue weighted by Crippen LogP contribution is -1.77. The van der Waals surface area contributed by atoms with Crippen molar-refractivity contribution in [1.82, 2.24) is 0 Å². The second kappa shape index (κ2) is 20.7. The van der Waals surface area contributed by atoms with E-state index in [0.29, 0.717) is 0 Å². The van der Waals surface area contributed by atoms with Gasteiger partial charge < -0.3 is 0 Å². The first-order valence-electron chi connectivity index (χ1n) is 6.11. The molecular weight excluding hydrogens is 224 g/mol. The van der Waals surface area contributed by atoms with E-state index in [9.17, 15) is 0 Å². The molecule has 0 radical (unpaired) electrons. The average Bonchev–Trinajstić information content (AvgIpc) is 2.52. The molecule has 0 atom stereocenters. The van der Waals surface area contributed by atoms with Crippen molar-refractivity contribution >= 4 is 5.57 Å². The summed E-state index contributed by atoms with van der Waals surface area (Å²) < 4.78 is 0. The van der Waals surface area contributed by atoms with Gasteiger partial charge in [0.2, 0.25) is 0 Å². The summed E-state index contributed by atoms with van der Waals surface area (Å²) in [4.78, 5) is 0. The van der Waals surface area contributed by atoms with Crippen LogP contribution in [-0.2, 0) is 0 Å². The van der Waals surface area contributed by atoms with Crippen molar-refractivity contribution in [2.45, 2.75) is 27.7 Å². The standard InChI is InChI=1S/C12H12.2C2H6.H2O2/c1-3-8-11(4-2)12-9-6-5-7-10-12;3*1-2/h3-10H,1-2H2;2*1-2H3;1-2H/p+1/b11-8+;;;. The molecule has 0 spiro atoms. The SMILES string of the molecule is C=C/C=C(\C=C)c1ccccc1.CC.CC.O[OH2+]. The molecule has 0 aliphatic rings. The fraction of sp³-hybridized carbons (Fsp3) is 0.250. The Hall–Kier alpha value is -1.64. The summed E-state index contributed by atoms with van der Waals surface area (Å²) in [5.41, 5.74) is 2.28. The second-order valence-corrected chi connectivity index (χ2v) is 2.43. The molecule has 1 rings (SSSR count). The number of allylic oxidation sites excluding steroid dienone is 4. The van der Waals surface area contributed by atoms with Crippen molar-refractivity contribution < 1.29 is 10.5 Å². The lowest BCUT2D eigenvalue weighted by molar-refractivity contribution is -0.176. The predicted octanol–water partition coefficient (Wildman–Crippen LogP) is 4.68. The van der Waals surface area contributed by atoms with Gasteiger partial charge in [0.1, 0.15) is 0 Å². The third-order valence-corrected chi connectivity index (χ3v) is 1.62. The monoisotopic (exact) mass is 251 g/mol. The van der Waals surface area contributed by atoms with Crippen LogP contribution in [0.4, 0.5) is 0 Å². The molecule has 0 amide bonds. The lowest BCUT2D eigenvalue weighted by Gasteiger charge is -1.99. The van der Waals surface area contributed by atoms with Gasteiger partial charge in [-0.25, -0.2) is 0 Å². The van der Waals surface area contributed by atoms with Crippen LogP contribution in [0.15, 0.2) is 61.7 Å². The average molecular weight is 251 g/mol. The Bertz CT molecular complexity index is 300. The number of hydrogen-bond acceptors (Lipinski definition) is 1. The van der Waals surface area contributed by atoms with Crippen molar-refractivity contribution in [3.8, 4) is 0 Å². The van der Waals surface area contributed by atoms with Gasteiger partial charge in [-0.05, 0) is 11.1 Å². The Kier molecular flexibility index (Phi) is 24.9. The Morgan fingerprint density at radius 3 is 1.78 bits per heavy atom. The molecule has 2 heteroatoms. The molecule has 102 valence electrons. The first kappa shape index (κ1) is 21.6. The van der Waals surface area contributed by atoms with Crippen LogP contribution in [0, 0.1) is 0 Å². The van der Waals surface area contributed by atoms with Gasteiger partial charge in [-0.3, -0.25) is 5.26 Å². The summed E-state index contributed by atoms with van der Waals surface area (Å²) in [5, 5.41) is 11.0. The molecule has 18 heavy (non-hydrogen) atoms. The summed E-state index contributed by atoms with van der Waals surface area (Å²) >= 11 is 0. The summed E-state index contributed by atoms with van der Waals surface area (Å²) in [6.07, 6.45) is 5.54. The minimum absolute atomic E-state index is 1.10. The molecule has 0 fully saturated rings. The minimum atomic E-state index is 1.10. The van der Waals surface area contributed by atoms with Gasteiger partial charge in [0, 0.05) is 0 Å². The van der Waals surface area contributed by atoms with E-state index >= 15 is 0 Å². The normalized spacial score (nSPS) is 8.22. The quantitative estimate of drug-likeness (QED) is 0.360. The van der Waals surface area contributed by atoms with Crippen molar-refractivity contribution in [1.29, 1.82) is 0 Å². The largest absolute Gasteiger partial charge is 0.263 e. The van der Waals surface area contributed by atoms with Gasteiger partial charge in [-0.2, -0.15) is 0 Å². The fourth-order valence-corrected chi connectivity index (χ4v) is 1.04. The highest BCUT2D eigenvalue weighted by Crippen LogP contribution is 2.14. The molecule has 0 saturated heterocycles. The van der Waals surface area contributed by atoms with Crippen LogP contribution in [0.3, 0.4) is 0 Å². The molecule has 0 saturated carbocycles. The summed E-state index contributed by atoms with van der Waals surface area (Å²) in [7, 11) is 0. The Morgan fingerprint density at radius 2 is 1.44 bits per heavy atom. The maximum atomic E-state index is 6.25. The molecule has 0 unspecified atom stereocenters. The first-order chi connectivity index (χ1) is 8.88. The Morgan fingerprint density at radius 1 is 1.00 bits per heavy atom. The highest BCUT2D eigenvalue weighted by molar-refractivity contribution is 5.74. The van der Waals surface area contributed by atoms with Crippen LogP contribution in [0.1, 0.15) is 33.3 Å². The van der Waals surface area contributed by atoms with E-state index in [1.165, 1.54) is 5.56 Å². The van der Waals surface area contributed by atoms with E-state index in [1.807, 2.05) is 58.0 Å². The third-order valence-electron chi connectivity index (χ3n) is 1.62. The molecule has 1 aromatic rings. The number of hydrogen-bond donors (Lipinski definition) is 1. The minimum Gasteiger partial charge on any atom is -0.263 e. The van der Waals surface area contributed by atoms with Crippen molar-refractivity contribution in [2.75, 3.05) is 0 Å². The van der Waals surface area contributed by atoms with Gasteiger partial charge in [0.25, 0.3) is 0 Å². The van der Waals surface area contributed by atoms with E-state index in [4.69, 9.17) is 10.5 Å². The second-order valence-electron chi connectivity index (χ2n) is 2.43. The van der Waals surface area contributed by atoms with Crippen LogP contribution in [0.2, 0.25) is 0 Å². The van der Waals surface area contributed by atoms with E-state index in [0.717, 1.165) is 5.57 Å². The van der Waals surface area contributed by atoms with Gasteiger partial charge in [0.15, 0.2) is 0 Å². The van der Waals surface area contributed by atoms with E-state index in [2.05, 4.69) is 25.3 Å². The van der Waals surface area contributed by atoms with Crippen LogP contribution in [-0.4, -0.2) is 10.5 Å². The predicted molar refractivity (Wildman–Crippen MR) is 83.8 cm³/mol. The first-order valence-corrected chi connectivity index (χ1v) is 6.11. The van der Waals surface area contributed by atoms with Gasteiger partial charge >= 0.3 is 0 Å². The third kappa shape index (κ3) is 10.9. The molecule has 2 nitrogen and oxygen atoms in total. The van der Waals surface area contributed by atoms with Gasteiger partial charge in [-0.1, -0.05) is 89.4 Å². The smallest absolute Gasteiger partial charge is 0.0184 e. The molecule has 0 aliphatic carbocycles. The zero-order chi connectivity index (χ0) is 14.8. The highest BCUT2D eigenvalue weighted by Gasteiger charge is 1.92. The zero-order valence-corrected chi connectivity index (χ0v) is 12.0. The molecule has 0 aromatic heterocycles. The van der Waals surface area contributed by atoms with Crippen LogP contribution < -0.4 is 0 Å². The fourth-order valence-electron chi connectivity index (χ4n) is 1.04. The van der Waals surface area contributed by atoms with E-state index < -0.39 is 0 Å². The maximum absolute atomic E-state index is 6.25. The molecule has 0 heterocycles. The van der Waals surface area contributed by atoms with Crippen LogP contribution in [0.5, 0.6) is 0 Å². The van der Waals surface area contributed by atoms with E-state index in [1.54, 1.807) is 6.08 Å². The maximum Gasteiger partial charge on any atom is -0.0184 e. The summed E-state index contributed by atoms with van der Waals surface area (Å²) in [6.45, 7) is 15.4. The molecule has 0 bridgehead atoms. The molecular formula is C16H27O2+. The zero-order valence-electron chi connectivity index (χ0n) is 12.0. The van der Waals surface area contributed by atoms with Crippen LogP contribution >= 0.6 is 0 Å². The molecule has 1 aromatic carbocycles. The van der Waals surface area contributed by atoms with Gasteiger partial charge in [0.05, 0.1) is 0 Å². The van der Waals surface area contributed by atoms with E-state index in [-0.39, 0.29) is 0 Å². The lowest BCUT2D eigenvalue weighted by atomic mass is 10.1. The number of benzene rings is 1. The highest BCUT2D eigenvalue weighted by atomic mass is 17.0. The Labute approximate surface area is 112 Å². The van der Waals surface area contributed by atoms with Crippen LogP contribution in [0.25, 0.3) is 5.57 Å². The Balaban J connectivity index is -0.000000328. The summed E-state index contributed by atoms with van der Waals surface area (Å²) in [5.74, 6) is 0.